The van der Waals surface area contributed by atoms with Crippen molar-refractivity contribution in [1.82, 2.24) is 0 Å². The van der Waals surface area contributed by atoms with E-state index in [1.165, 1.54) is 6.07 Å². The summed E-state index contributed by atoms with van der Waals surface area (Å²) in [7, 11) is 0. The topological polar surface area (TPSA) is 17.1 Å². The number of benzene rings is 2. The molecule has 0 aliphatic heterocycles. The minimum atomic E-state index is -0.729. The molecule has 0 N–H and O–H groups in total. The Morgan fingerprint density at radius 2 is 1.63 bits per heavy atom. The van der Waals surface area contributed by atoms with Crippen LogP contribution in [0.2, 0.25) is 5.02 Å². The molecule has 0 bridgehead atoms. The van der Waals surface area contributed by atoms with Gasteiger partial charge in [-0.15, -0.1) is 0 Å². The molecular weight excluding hydrogens is 466 g/mol. The van der Waals surface area contributed by atoms with Gasteiger partial charge in [-0.05, 0) is 46.3 Å². The van der Waals surface area contributed by atoms with Gasteiger partial charge in [0.1, 0.15) is 0 Å². The third kappa shape index (κ3) is 3.10. The number of carbonyl (C=O) groups excluding carboxylic acids is 1. The first kappa shape index (κ1) is 15.2. The maximum absolute atomic E-state index is 14.0. The fourth-order valence-electron chi connectivity index (χ4n) is 1.52. The highest BCUT2D eigenvalue weighted by Crippen LogP contribution is 2.30. The zero-order valence-electron chi connectivity index (χ0n) is 9.18. The van der Waals surface area contributed by atoms with E-state index in [1.807, 2.05) is 0 Å². The van der Waals surface area contributed by atoms with Crippen LogP contribution in [0, 0.1) is 5.82 Å². The van der Waals surface area contributed by atoms with E-state index in [2.05, 4.69) is 47.8 Å². The second-order valence-corrected chi connectivity index (χ2v) is 6.68. The highest BCUT2D eigenvalue weighted by molar-refractivity contribution is 9.11. The lowest BCUT2D eigenvalue weighted by Gasteiger charge is -2.07. The molecule has 0 heterocycles. The Hall–Kier alpha value is -0.230. The van der Waals surface area contributed by atoms with Crippen molar-refractivity contribution in [3.05, 3.63) is 65.7 Å². The van der Waals surface area contributed by atoms with Crippen LogP contribution in [0.4, 0.5) is 4.39 Å². The van der Waals surface area contributed by atoms with Gasteiger partial charge in [-0.25, -0.2) is 4.39 Å². The van der Waals surface area contributed by atoms with Crippen LogP contribution in [0.3, 0.4) is 0 Å². The molecule has 0 unspecified atom stereocenters. The fourth-order valence-corrected chi connectivity index (χ4v) is 2.78. The van der Waals surface area contributed by atoms with E-state index >= 15 is 0 Å². The minimum absolute atomic E-state index is 0.0630. The van der Waals surface area contributed by atoms with Crippen LogP contribution in [0.1, 0.15) is 15.9 Å². The van der Waals surface area contributed by atoms with Crippen molar-refractivity contribution in [1.29, 1.82) is 0 Å². The van der Waals surface area contributed by atoms with Crippen molar-refractivity contribution < 1.29 is 9.18 Å². The molecule has 2 aromatic rings. The molecule has 0 amide bonds. The first-order valence-corrected chi connectivity index (χ1v) is 7.80. The average Bonchev–Trinajstić information content (AvgIpc) is 2.38. The van der Waals surface area contributed by atoms with Crippen LogP contribution in [-0.2, 0) is 0 Å². The zero-order valence-corrected chi connectivity index (χ0v) is 14.7. The Morgan fingerprint density at radius 1 is 1.00 bits per heavy atom. The number of hydrogen-bond acceptors (Lipinski definition) is 1. The molecule has 19 heavy (non-hydrogen) atoms. The van der Waals surface area contributed by atoms with Gasteiger partial charge in [0.15, 0.2) is 11.6 Å². The van der Waals surface area contributed by atoms with Crippen LogP contribution in [0.25, 0.3) is 0 Å². The van der Waals surface area contributed by atoms with Crippen molar-refractivity contribution in [2.45, 2.75) is 0 Å². The molecule has 0 aliphatic rings. The Balaban J connectivity index is 2.56. The predicted molar refractivity (Wildman–Crippen MR) is 84.4 cm³/mol. The molecular formula is C13H5Br3ClFO. The van der Waals surface area contributed by atoms with E-state index in [9.17, 15) is 9.18 Å². The summed E-state index contributed by atoms with van der Waals surface area (Å²) in [4.78, 5) is 12.3. The lowest BCUT2D eigenvalue weighted by atomic mass is 10.0. The highest BCUT2D eigenvalue weighted by atomic mass is 79.9. The summed E-state index contributed by atoms with van der Waals surface area (Å²) in [6.07, 6.45) is 0. The maximum atomic E-state index is 14.0. The van der Waals surface area contributed by atoms with E-state index in [4.69, 9.17) is 11.6 Å². The molecule has 0 saturated heterocycles. The van der Waals surface area contributed by atoms with Gasteiger partial charge in [0.2, 0.25) is 0 Å². The molecule has 0 atom stereocenters. The summed E-state index contributed by atoms with van der Waals surface area (Å²) in [5.74, 6) is -1.16. The van der Waals surface area contributed by atoms with Crippen molar-refractivity contribution >= 4 is 65.2 Å². The molecule has 0 fully saturated rings. The Morgan fingerprint density at radius 3 is 2.32 bits per heavy atom. The number of carbonyl (C=O) groups is 1. The summed E-state index contributed by atoms with van der Waals surface area (Å²) in [5, 5.41) is -0.100. The largest absolute Gasteiger partial charge is 0.288 e. The van der Waals surface area contributed by atoms with E-state index in [1.54, 1.807) is 24.3 Å². The highest BCUT2D eigenvalue weighted by Gasteiger charge is 2.20. The Bertz CT molecular complexity index is 673. The summed E-state index contributed by atoms with van der Waals surface area (Å²) in [6.45, 7) is 0. The minimum Gasteiger partial charge on any atom is -0.288 e. The molecule has 6 heteroatoms. The van der Waals surface area contributed by atoms with E-state index < -0.39 is 11.6 Å². The van der Waals surface area contributed by atoms with Crippen LogP contribution in [0.15, 0.2) is 43.7 Å². The molecule has 98 valence electrons. The maximum Gasteiger partial charge on any atom is 0.197 e. The van der Waals surface area contributed by atoms with Crippen LogP contribution >= 0.6 is 59.4 Å². The van der Waals surface area contributed by atoms with E-state index in [0.717, 1.165) is 4.47 Å². The van der Waals surface area contributed by atoms with Gasteiger partial charge in [-0.3, -0.25) is 4.79 Å². The predicted octanol–water partition coefficient (Wildman–Crippen LogP) is 6.00. The third-order valence-electron chi connectivity index (χ3n) is 2.45. The number of ketones is 1. The Labute approximate surface area is 139 Å². The number of halogens is 5. The summed E-state index contributed by atoms with van der Waals surface area (Å²) in [5.41, 5.74) is 0.304. The van der Waals surface area contributed by atoms with Crippen molar-refractivity contribution in [2.24, 2.45) is 0 Å². The van der Waals surface area contributed by atoms with E-state index in [0.29, 0.717) is 14.5 Å². The zero-order chi connectivity index (χ0) is 14.2. The molecule has 0 spiro atoms. The third-order valence-corrected chi connectivity index (χ3v) is 4.90. The van der Waals surface area contributed by atoms with Gasteiger partial charge in [0.25, 0.3) is 0 Å². The number of hydrogen-bond donors (Lipinski definition) is 0. The summed E-state index contributed by atoms with van der Waals surface area (Å²) < 4.78 is 15.8. The van der Waals surface area contributed by atoms with Gasteiger partial charge in [0, 0.05) is 19.0 Å². The normalized spacial score (nSPS) is 10.6. The second kappa shape index (κ2) is 6.04. The molecule has 0 saturated carbocycles. The molecule has 0 radical (unpaired) electrons. The quantitative estimate of drug-likeness (QED) is 0.388. The molecule has 2 aromatic carbocycles. The smallest absolute Gasteiger partial charge is 0.197 e. The van der Waals surface area contributed by atoms with Gasteiger partial charge in [0.05, 0.1) is 10.6 Å². The summed E-state index contributed by atoms with van der Waals surface area (Å²) in [6, 6.07) is 8.08. The molecule has 0 aromatic heterocycles. The molecule has 2 rings (SSSR count). The SMILES string of the molecule is O=C(c1cc(Br)ccc1Br)c1ccc(Br)c(Cl)c1F. The number of rotatable bonds is 2. The monoisotopic (exact) mass is 468 g/mol. The molecule has 0 aliphatic carbocycles. The second-order valence-electron chi connectivity index (χ2n) is 3.68. The van der Waals surface area contributed by atoms with Crippen molar-refractivity contribution in [3.63, 3.8) is 0 Å². The lowest BCUT2D eigenvalue weighted by molar-refractivity contribution is 0.103. The van der Waals surface area contributed by atoms with Gasteiger partial charge < -0.3 is 0 Å². The summed E-state index contributed by atoms with van der Waals surface area (Å²) >= 11 is 15.5. The Kier molecular flexibility index (Phi) is 4.82. The van der Waals surface area contributed by atoms with Crippen LogP contribution < -0.4 is 0 Å². The van der Waals surface area contributed by atoms with Gasteiger partial charge in [-0.2, -0.15) is 0 Å². The molecule has 1 nitrogen and oxygen atoms in total. The fraction of sp³-hybridized carbons (Fsp3) is 0. The van der Waals surface area contributed by atoms with E-state index in [-0.39, 0.29) is 10.6 Å². The van der Waals surface area contributed by atoms with Gasteiger partial charge >= 0.3 is 0 Å². The van der Waals surface area contributed by atoms with Crippen molar-refractivity contribution in [3.8, 4) is 0 Å². The standard InChI is InChI=1S/C13H5Br3ClFO/c14-6-1-3-9(15)8(5-6)13(19)7-2-4-10(16)11(17)12(7)18/h1-5H. The lowest BCUT2D eigenvalue weighted by Crippen LogP contribution is -2.06. The van der Waals surface area contributed by atoms with Crippen LogP contribution in [0.5, 0.6) is 0 Å². The van der Waals surface area contributed by atoms with Crippen LogP contribution in [-0.4, -0.2) is 5.78 Å². The van der Waals surface area contributed by atoms with Crippen molar-refractivity contribution in [2.75, 3.05) is 0 Å². The van der Waals surface area contributed by atoms with Gasteiger partial charge in [-0.1, -0.05) is 43.5 Å². The first-order chi connectivity index (χ1) is 8.91. The average molecular weight is 471 g/mol. The first-order valence-electron chi connectivity index (χ1n) is 5.05.